The van der Waals surface area contributed by atoms with Crippen molar-refractivity contribution in [3.8, 4) is 0 Å². The normalized spacial score (nSPS) is 21.9. The summed E-state index contributed by atoms with van der Waals surface area (Å²) in [5.41, 5.74) is 0. The first-order chi connectivity index (χ1) is 9.19. The van der Waals surface area contributed by atoms with Gasteiger partial charge in [-0.2, -0.15) is 0 Å². The van der Waals surface area contributed by atoms with Gasteiger partial charge in [-0.3, -0.25) is 0 Å². The highest BCUT2D eigenvalue weighted by molar-refractivity contribution is 7.11. The molecular formula is C14H26N4S. The van der Waals surface area contributed by atoms with Crippen LogP contribution in [0.5, 0.6) is 0 Å². The maximum absolute atomic E-state index is 4.58. The van der Waals surface area contributed by atoms with Gasteiger partial charge < -0.3 is 15.1 Å². The van der Waals surface area contributed by atoms with Gasteiger partial charge in [-0.05, 0) is 27.1 Å². The predicted molar refractivity (Wildman–Crippen MR) is 81.7 cm³/mol. The molecule has 0 saturated carbocycles. The largest absolute Gasteiger partial charge is 0.312 e. The van der Waals surface area contributed by atoms with Gasteiger partial charge in [0, 0.05) is 49.7 Å². The lowest BCUT2D eigenvalue weighted by molar-refractivity contribution is 0.114. The molecule has 1 saturated heterocycles. The first-order valence-electron chi connectivity index (χ1n) is 7.22. The van der Waals surface area contributed by atoms with E-state index in [1.165, 1.54) is 22.9 Å². The molecule has 0 amide bonds. The van der Waals surface area contributed by atoms with Crippen molar-refractivity contribution in [2.24, 2.45) is 0 Å². The standard InChI is InChI=1S/C14H26N4S/c1-4-5-15-9-13-10-16-14(19-13)8-12-11-17(2)6-7-18(12)3/h10,12,15H,4-9,11H2,1-3H3. The number of nitrogens with one attached hydrogen (secondary N) is 1. The summed E-state index contributed by atoms with van der Waals surface area (Å²) in [6.45, 7) is 7.74. The fourth-order valence-electron chi connectivity index (χ4n) is 2.44. The molecule has 0 aliphatic carbocycles. The van der Waals surface area contributed by atoms with Crippen LogP contribution in [0.15, 0.2) is 6.20 Å². The minimum Gasteiger partial charge on any atom is -0.312 e. The van der Waals surface area contributed by atoms with E-state index in [-0.39, 0.29) is 0 Å². The summed E-state index contributed by atoms with van der Waals surface area (Å²) in [5.74, 6) is 0. The SMILES string of the molecule is CCCNCc1cnc(CC2CN(C)CCN2C)s1. The molecule has 2 rings (SSSR count). The molecule has 4 nitrogen and oxygen atoms in total. The molecule has 0 spiro atoms. The van der Waals surface area contributed by atoms with Crippen LogP contribution in [0.4, 0.5) is 0 Å². The van der Waals surface area contributed by atoms with Crippen molar-refractivity contribution < 1.29 is 0 Å². The van der Waals surface area contributed by atoms with Gasteiger partial charge in [0.2, 0.25) is 0 Å². The highest BCUT2D eigenvalue weighted by Gasteiger charge is 2.23. The summed E-state index contributed by atoms with van der Waals surface area (Å²) in [6, 6.07) is 0.612. The highest BCUT2D eigenvalue weighted by atomic mass is 32.1. The minimum atomic E-state index is 0.612. The molecule has 1 aliphatic heterocycles. The second-order valence-corrected chi connectivity index (χ2v) is 6.70. The van der Waals surface area contributed by atoms with Crippen molar-refractivity contribution in [2.75, 3.05) is 40.3 Å². The molecule has 0 aromatic carbocycles. The number of nitrogens with zero attached hydrogens (tertiary/aromatic N) is 3. The molecular weight excluding hydrogens is 256 g/mol. The Hall–Kier alpha value is -0.490. The molecule has 0 radical (unpaired) electrons. The van der Waals surface area contributed by atoms with Crippen LogP contribution >= 0.6 is 11.3 Å². The fraction of sp³-hybridized carbons (Fsp3) is 0.786. The number of likely N-dealkylation sites (N-methyl/N-ethyl adjacent to an activating group) is 2. The Balaban J connectivity index is 1.84. The molecule has 19 heavy (non-hydrogen) atoms. The number of aromatic nitrogens is 1. The van der Waals surface area contributed by atoms with E-state index in [0.717, 1.165) is 32.6 Å². The van der Waals surface area contributed by atoms with E-state index < -0.39 is 0 Å². The van der Waals surface area contributed by atoms with Gasteiger partial charge in [-0.25, -0.2) is 4.98 Å². The van der Waals surface area contributed by atoms with Gasteiger partial charge in [0.25, 0.3) is 0 Å². The first-order valence-corrected chi connectivity index (χ1v) is 8.03. The maximum Gasteiger partial charge on any atom is 0.0944 e. The zero-order valence-corrected chi connectivity index (χ0v) is 13.2. The van der Waals surface area contributed by atoms with Crippen LogP contribution in [0.25, 0.3) is 0 Å². The van der Waals surface area contributed by atoms with E-state index in [2.05, 4.69) is 41.1 Å². The molecule has 108 valence electrons. The van der Waals surface area contributed by atoms with E-state index in [1.54, 1.807) is 0 Å². The molecule has 2 heterocycles. The van der Waals surface area contributed by atoms with Crippen molar-refractivity contribution >= 4 is 11.3 Å². The Bertz CT molecular complexity index is 379. The number of hydrogen-bond acceptors (Lipinski definition) is 5. The van der Waals surface area contributed by atoms with Gasteiger partial charge >= 0.3 is 0 Å². The average Bonchev–Trinajstić information content (AvgIpc) is 2.82. The lowest BCUT2D eigenvalue weighted by Gasteiger charge is -2.37. The third-order valence-corrected chi connectivity index (χ3v) is 4.74. The van der Waals surface area contributed by atoms with Crippen LogP contribution in [-0.4, -0.2) is 61.1 Å². The Labute approximate surface area is 120 Å². The summed E-state index contributed by atoms with van der Waals surface area (Å²) in [5, 5.41) is 4.71. The smallest absolute Gasteiger partial charge is 0.0944 e. The Morgan fingerprint density at radius 2 is 2.26 bits per heavy atom. The van der Waals surface area contributed by atoms with Crippen LogP contribution < -0.4 is 5.32 Å². The average molecular weight is 282 g/mol. The number of thiazole rings is 1. The van der Waals surface area contributed by atoms with Crippen molar-refractivity contribution in [3.63, 3.8) is 0 Å². The fourth-order valence-corrected chi connectivity index (χ4v) is 3.40. The van der Waals surface area contributed by atoms with Gasteiger partial charge in [0.05, 0.1) is 5.01 Å². The van der Waals surface area contributed by atoms with Crippen LogP contribution in [0.1, 0.15) is 23.2 Å². The van der Waals surface area contributed by atoms with Crippen LogP contribution in [-0.2, 0) is 13.0 Å². The number of piperazine rings is 1. The second kappa shape index (κ2) is 7.33. The summed E-state index contributed by atoms with van der Waals surface area (Å²) in [4.78, 5) is 10.8. The Morgan fingerprint density at radius 1 is 1.42 bits per heavy atom. The van der Waals surface area contributed by atoms with Gasteiger partial charge in [-0.15, -0.1) is 11.3 Å². The maximum atomic E-state index is 4.58. The van der Waals surface area contributed by atoms with Crippen molar-refractivity contribution in [2.45, 2.75) is 32.4 Å². The Morgan fingerprint density at radius 3 is 3.05 bits per heavy atom. The monoisotopic (exact) mass is 282 g/mol. The zero-order chi connectivity index (χ0) is 13.7. The lowest BCUT2D eigenvalue weighted by atomic mass is 10.1. The third kappa shape index (κ3) is 4.53. The van der Waals surface area contributed by atoms with Crippen molar-refractivity contribution in [1.29, 1.82) is 0 Å². The lowest BCUT2D eigenvalue weighted by Crippen LogP contribution is -2.50. The molecule has 1 aromatic rings. The number of rotatable bonds is 6. The molecule has 1 fully saturated rings. The van der Waals surface area contributed by atoms with E-state index in [9.17, 15) is 0 Å². The van der Waals surface area contributed by atoms with Crippen LogP contribution in [0, 0.1) is 0 Å². The molecule has 1 aromatic heterocycles. The molecule has 0 bridgehead atoms. The predicted octanol–water partition coefficient (Wildman–Crippen LogP) is 1.43. The molecule has 1 atom stereocenters. The van der Waals surface area contributed by atoms with E-state index in [0.29, 0.717) is 6.04 Å². The quantitative estimate of drug-likeness (QED) is 0.800. The summed E-state index contributed by atoms with van der Waals surface area (Å²) in [7, 11) is 4.44. The molecule has 5 heteroatoms. The van der Waals surface area contributed by atoms with Gasteiger partial charge in [0.1, 0.15) is 0 Å². The van der Waals surface area contributed by atoms with Gasteiger partial charge in [-0.1, -0.05) is 6.92 Å². The summed E-state index contributed by atoms with van der Waals surface area (Å²) < 4.78 is 0. The Kier molecular flexibility index (Phi) is 5.76. The third-order valence-electron chi connectivity index (χ3n) is 3.72. The van der Waals surface area contributed by atoms with Crippen LogP contribution in [0.2, 0.25) is 0 Å². The van der Waals surface area contributed by atoms with Crippen molar-refractivity contribution in [1.82, 2.24) is 20.1 Å². The molecule has 1 unspecified atom stereocenters. The van der Waals surface area contributed by atoms with Crippen molar-refractivity contribution in [3.05, 3.63) is 16.1 Å². The van der Waals surface area contributed by atoms with Crippen LogP contribution in [0.3, 0.4) is 0 Å². The van der Waals surface area contributed by atoms with Gasteiger partial charge in [0.15, 0.2) is 0 Å². The zero-order valence-electron chi connectivity index (χ0n) is 12.4. The van der Waals surface area contributed by atoms with E-state index in [4.69, 9.17) is 0 Å². The minimum absolute atomic E-state index is 0.612. The number of hydrogen-bond donors (Lipinski definition) is 1. The first kappa shape index (κ1) is 14.9. The van der Waals surface area contributed by atoms with E-state index >= 15 is 0 Å². The molecule has 1 N–H and O–H groups in total. The summed E-state index contributed by atoms with van der Waals surface area (Å²) >= 11 is 1.86. The highest BCUT2D eigenvalue weighted by Crippen LogP contribution is 2.18. The molecule has 1 aliphatic rings. The second-order valence-electron chi connectivity index (χ2n) is 5.50. The summed E-state index contributed by atoms with van der Waals surface area (Å²) in [6.07, 6.45) is 4.30. The van der Waals surface area contributed by atoms with E-state index in [1.807, 2.05) is 17.5 Å². The topological polar surface area (TPSA) is 31.4 Å².